The molecule has 0 aromatic heterocycles. The minimum absolute atomic E-state index is 0.173. The van der Waals surface area contributed by atoms with Crippen LogP contribution in [-0.4, -0.2) is 29.4 Å². The van der Waals surface area contributed by atoms with Gasteiger partial charge in [-0.05, 0) is 79.1 Å². The highest BCUT2D eigenvalue weighted by Gasteiger charge is 2.33. The summed E-state index contributed by atoms with van der Waals surface area (Å²) in [5.41, 5.74) is 8.65. The number of carbonyl (C=O) groups excluding carboxylic acids is 2. The van der Waals surface area contributed by atoms with Crippen LogP contribution in [0.3, 0.4) is 0 Å². The summed E-state index contributed by atoms with van der Waals surface area (Å²) in [6.45, 7) is 0. The zero-order valence-corrected chi connectivity index (χ0v) is 19.0. The number of unbranched alkanes of at least 4 members (excludes halogenated alkanes) is 1. The van der Waals surface area contributed by atoms with Crippen molar-refractivity contribution in [3.63, 3.8) is 0 Å². The van der Waals surface area contributed by atoms with E-state index >= 15 is 0 Å². The quantitative estimate of drug-likeness (QED) is 0.340. The van der Waals surface area contributed by atoms with Crippen LogP contribution in [0.2, 0.25) is 6.32 Å². The second-order valence-electron chi connectivity index (χ2n) is 8.88. The van der Waals surface area contributed by atoms with Crippen LogP contribution in [0, 0.1) is 11.8 Å². The lowest BCUT2D eigenvalue weighted by atomic mass is 9.68. The van der Waals surface area contributed by atoms with Crippen molar-refractivity contribution in [2.24, 2.45) is 17.6 Å². The van der Waals surface area contributed by atoms with Crippen molar-refractivity contribution in [3.8, 4) is 11.1 Å². The molecule has 0 radical (unpaired) electrons. The average molecular weight is 477 g/mol. The van der Waals surface area contributed by atoms with Crippen molar-refractivity contribution >= 4 is 13.3 Å². The van der Waals surface area contributed by atoms with E-state index in [0.717, 1.165) is 73.8 Å². The lowest BCUT2D eigenvalue weighted by Crippen LogP contribution is -2.39. The van der Waals surface area contributed by atoms with E-state index in [-0.39, 0.29) is 12.2 Å². The maximum Gasteiger partial charge on any atom is 0.451 e. The second-order valence-corrected chi connectivity index (χ2v) is 8.88. The Morgan fingerprint density at radius 3 is 2.24 bits per heavy atom. The van der Waals surface area contributed by atoms with Crippen molar-refractivity contribution in [1.29, 1.82) is 0 Å². The van der Waals surface area contributed by atoms with Gasteiger partial charge >= 0.3 is 19.4 Å². The molecular weight excluding hydrogens is 446 g/mol. The van der Waals surface area contributed by atoms with E-state index < -0.39 is 18.9 Å². The zero-order valence-electron chi connectivity index (χ0n) is 19.0. The predicted octanol–water partition coefficient (Wildman–Crippen LogP) is 4.72. The Hall–Kier alpha value is -2.45. The lowest BCUT2D eigenvalue weighted by molar-refractivity contribution is -0.191. The third-order valence-corrected chi connectivity index (χ3v) is 6.49. The van der Waals surface area contributed by atoms with Crippen LogP contribution in [0.25, 0.3) is 11.1 Å². The van der Waals surface area contributed by atoms with Crippen molar-refractivity contribution in [2.45, 2.75) is 63.5 Å². The molecule has 1 aliphatic rings. The number of aryl methyl sites for hydroxylation is 1. The van der Waals surface area contributed by atoms with Crippen LogP contribution in [0.5, 0.6) is 0 Å². The Kier molecular flexibility index (Phi) is 11.0. The summed E-state index contributed by atoms with van der Waals surface area (Å²) >= 11 is 0. The Labute approximate surface area is 198 Å². The van der Waals surface area contributed by atoms with Gasteiger partial charge in [0.25, 0.3) is 0 Å². The molecule has 1 atom stereocenters. The summed E-state index contributed by atoms with van der Waals surface area (Å²) in [4.78, 5) is 16.2. The number of hydrogen-bond donors (Lipinski definition) is 3. The molecule has 34 heavy (non-hydrogen) atoms. The molecule has 2 aromatic rings. The third kappa shape index (κ3) is 8.72. The molecule has 2 aromatic carbocycles. The summed E-state index contributed by atoms with van der Waals surface area (Å²) in [5.74, 6) is 1.17. The number of alkyl halides is 3. The largest absolute Gasteiger partial charge is 0.451 e. The van der Waals surface area contributed by atoms with Gasteiger partial charge in [0.15, 0.2) is 0 Å². The molecule has 0 bridgehead atoms. The lowest BCUT2D eigenvalue weighted by Gasteiger charge is -2.39. The first-order chi connectivity index (χ1) is 16.2. The van der Waals surface area contributed by atoms with E-state index in [1.807, 2.05) is 18.2 Å². The van der Waals surface area contributed by atoms with Crippen LogP contribution in [0.1, 0.15) is 49.7 Å². The molecular formula is C25H31BF3NO4. The molecule has 0 saturated heterocycles. The smallest absolute Gasteiger partial charge is 0.427 e. The fourth-order valence-electron chi connectivity index (χ4n) is 4.53. The van der Waals surface area contributed by atoms with E-state index in [2.05, 4.69) is 6.07 Å². The van der Waals surface area contributed by atoms with Gasteiger partial charge in [-0.15, -0.1) is 0 Å². The molecule has 0 spiro atoms. The molecule has 1 unspecified atom stereocenters. The maximum absolute atomic E-state index is 12.8. The summed E-state index contributed by atoms with van der Waals surface area (Å²) in [6.07, 6.45) is 3.13. The Morgan fingerprint density at radius 1 is 1.03 bits per heavy atom. The van der Waals surface area contributed by atoms with E-state index in [9.17, 15) is 13.2 Å². The summed E-state index contributed by atoms with van der Waals surface area (Å²) in [7, 11) is -1.23. The van der Waals surface area contributed by atoms with Gasteiger partial charge in [0.05, 0.1) is 5.56 Å². The fraction of sp³-hybridized carbons (Fsp3) is 0.480. The van der Waals surface area contributed by atoms with Gasteiger partial charge in [-0.25, -0.2) is 0 Å². The number of rotatable bonds is 10. The highest BCUT2D eigenvalue weighted by Crippen LogP contribution is 2.40. The zero-order chi connectivity index (χ0) is 25.1. The van der Waals surface area contributed by atoms with Crippen LogP contribution >= 0.6 is 0 Å². The van der Waals surface area contributed by atoms with Crippen molar-refractivity contribution < 1.29 is 32.8 Å². The van der Waals surface area contributed by atoms with E-state index in [1.165, 1.54) is 0 Å². The van der Waals surface area contributed by atoms with E-state index in [1.54, 1.807) is 12.1 Å². The van der Waals surface area contributed by atoms with E-state index in [0.29, 0.717) is 18.2 Å². The average Bonchev–Trinajstić information content (AvgIpc) is 2.76. The van der Waals surface area contributed by atoms with Gasteiger partial charge in [0, 0.05) is 6.04 Å². The number of benzene rings is 2. The third-order valence-electron chi connectivity index (χ3n) is 6.49. The predicted molar refractivity (Wildman–Crippen MR) is 123 cm³/mol. The number of hydrogen-bond acceptors (Lipinski definition) is 5. The fourth-order valence-corrected chi connectivity index (χ4v) is 4.53. The first kappa shape index (κ1) is 27.8. The Bertz CT molecular complexity index is 909. The standard InChI is InChI=1S/C24H31BF3NO2.CO2/c26-24(27,28)21-12-10-19(11-13-21)22-6-2-1-5-18(22)9-8-17-15-20(16-17)23(29)7-3-4-14-25(30)31;2-1-3/h1-2,5-6,10-13,17,20,23,30-31H,3-4,7-9,14-16,29H2;. The topological polar surface area (TPSA) is 101 Å². The van der Waals surface area contributed by atoms with Gasteiger partial charge in [-0.3, -0.25) is 0 Å². The van der Waals surface area contributed by atoms with Crippen LogP contribution in [0.15, 0.2) is 48.5 Å². The van der Waals surface area contributed by atoms with Crippen LogP contribution < -0.4 is 5.73 Å². The van der Waals surface area contributed by atoms with Crippen molar-refractivity contribution in [3.05, 3.63) is 59.7 Å². The number of halogens is 3. The number of nitrogens with two attached hydrogens (primary N) is 1. The first-order valence-corrected chi connectivity index (χ1v) is 11.5. The molecule has 3 rings (SSSR count). The minimum Gasteiger partial charge on any atom is -0.427 e. The maximum atomic E-state index is 12.8. The summed E-state index contributed by atoms with van der Waals surface area (Å²) in [5, 5.41) is 17.8. The van der Waals surface area contributed by atoms with Gasteiger partial charge in [-0.1, -0.05) is 49.2 Å². The Balaban J connectivity index is 0.00000129. The van der Waals surface area contributed by atoms with Crippen LogP contribution in [0.4, 0.5) is 13.2 Å². The molecule has 1 saturated carbocycles. The highest BCUT2D eigenvalue weighted by molar-refractivity contribution is 6.40. The molecule has 0 heterocycles. The molecule has 5 nitrogen and oxygen atoms in total. The van der Waals surface area contributed by atoms with Gasteiger partial charge < -0.3 is 15.8 Å². The van der Waals surface area contributed by atoms with Crippen LogP contribution in [-0.2, 0) is 22.2 Å². The normalized spacial score (nSPS) is 18.2. The molecule has 9 heteroatoms. The molecule has 4 N–H and O–H groups in total. The van der Waals surface area contributed by atoms with Gasteiger partial charge in [0.2, 0.25) is 0 Å². The molecule has 0 aliphatic heterocycles. The molecule has 1 fully saturated rings. The van der Waals surface area contributed by atoms with Crippen molar-refractivity contribution in [2.75, 3.05) is 0 Å². The highest BCUT2D eigenvalue weighted by atomic mass is 19.4. The summed E-state index contributed by atoms with van der Waals surface area (Å²) < 4.78 is 38.5. The van der Waals surface area contributed by atoms with Gasteiger partial charge in [-0.2, -0.15) is 22.8 Å². The molecule has 1 aliphatic carbocycles. The monoisotopic (exact) mass is 477 g/mol. The molecule has 0 amide bonds. The van der Waals surface area contributed by atoms with Gasteiger partial charge in [0.1, 0.15) is 0 Å². The van der Waals surface area contributed by atoms with Crippen molar-refractivity contribution in [1.82, 2.24) is 0 Å². The molecule has 184 valence electrons. The first-order valence-electron chi connectivity index (χ1n) is 11.5. The minimum atomic E-state index is -4.32. The SMILES string of the molecule is NC(CCCCB(O)O)C1CC(CCc2ccccc2-c2ccc(C(F)(F)F)cc2)C1.O=C=O. The Morgan fingerprint density at radius 2 is 1.65 bits per heavy atom. The second kappa shape index (κ2) is 13.4. The van der Waals surface area contributed by atoms with E-state index in [4.69, 9.17) is 25.4 Å². The summed E-state index contributed by atoms with van der Waals surface area (Å²) in [6, 6.07) is 13.5.